The number of phenolic OH excluding ortho intramolecular Hbond substituents is 1. The Morgan fingerprint density at radius 1 is 1.03 bits per heavy atom. The van der Waals surface area contributed by atoms with E-state index in [4.69, 9.17) is 8.94 Å². The lowest BCUT2D eigenvalue weighted by Gasteiger charge is -2.09. The summed E-state index contributed by atoms with van der Waals surface area (Å²) in [7, 11) is 0. The molecule has 4 rings (SSSR count). The van der Waals surface area contributed by atoms with Gasteiger partial charge in [0.2, 0.25) is 0 Å². The third kappa shape index (κ3) is 3.72. The minimum Gasteiger partial charge on any atom is -0.507 e. The van der Waals surface area contributed by atoms with Gasteiger partial charge in [0.05, 0.1) is 28.5 Å². The number of amides is 2. The van der Waals surface area contributed by atoms with Crippen molar-refractivity contribution in [2.75, 3.05) is 13.1 Å². The molecule has 0 aliphatic rings. The first-order chi connectivity index (χ1) is 14.5. The Bertz CT molecular complexity index is 1210. The topological polar surface area (TPSA) is 130 Å². The van der Waals surface area contributed by atoms with Gasteiger partial charge in [-0.25, -0.2) is 4.98 Å². The van der Waals surface area contributed by atoms with Crippen LogP contribution in [0.5, 0.6) is 5.75 Å². The smallest absolute Gasteiger partial charge is 0.259 e. The van der Waals surface area contributed by atoms with E-state index >= 15 is 0 Å². The van der Waals surface area contributed by atoms with Crippen LogP contribution in [0.4, 0.5) is 0 Å². The number of carbonyl (C=O) groups excluding carboxylic acids is 2. The van der Waals surface area contributed by atoms with Gasteiger partial charge >= 0.3 is 0 Å². The molecule has 152 valence electrons. The first-order valence-corrected chi connectivity index (χ1v) is 9.20. The Kier molecular flexibility index (Phi) is 5.17. The Morgan fingerprint density at radius 3 is 2.47 bits per heavy atom. The van der Waals surface area contributed by atoms with E-state index in [2.05, 4.69) is 20.8 Å². The number of pyridine rings is 1. The maximum atomic E-state index is 12.8. The van der Waals surface area contributed by atoms with E-state index in [1.54, 1.807) is 37.3 Å². The van der Waals surface area contributed by atoms with Crippen LogP contribution in [0.2, 0.25) is 0 Å². The Hall–Kier alpha value is -4.14. The van der Waals surface area contributed by atoms with Gasteiger partial charge in [-0.2, -0.15) is 0 Å². The van der Waals surface area contributed by atoms with Crippen LogP contribution in [-0.2, 0) is 0 Å². The predicted molar refractivity (Wildman–Crippen MR) is 107 cm³/mol. The number of furan rings is 1. The van der Waals surface area contributed by atoms with Crippen molar-refractivity contribution in [3.05, 3.63) is 65.5 Å². The molecule has 2 amide bonds. The van der Waals surface area contributed by atoms with Crippen LogP contribution in [-0.4, -0.2) is 40.2 Å². The molecule has 0 spiro atoms. The Labute approximate surface area is 170 Å². The summed E-state index contributed by atoms with van der Waals surface area (Å²) in [6, 6.07) is 11.3. The number of carbonyl (C=O) groups is 2. The molecule has 0 fully saturated rings. The zero-order valence-electron chi connectivity index (χ0n) is 16.0. The maximum absolute atomic E-state index is 12.8. The summed E-state index contributed by atoms with van der Waals surface area (Å²) in [5, 5.41) is 19.5. The number of hydrogen-bond donors (Lipinski definition) is 3. The van der Waals surface area contributed by atoms with Crippen molar-refractivity contribution in [3.8, 4) is 17.2 Å². The van der Waals surface area contributed by atoms with Crippen LogP contribution in [0, 0.1) is 6.92 Å². The molecular formula is C21H18N4O5. The number of nitrogens with zero attached hydrogens (tertiary/aromatic N) is 2. The molecule has 9 heteroatoms. The summed E-state index contributed by atoms with van der Waals surface area (Å²) < 4.78 is 10.6. The van der Waals surface area contributed by atoms with Crippen LogP contribution in [0.15, 0.2) is 57.7 Å². The highest BCUT2D eigenvalue weighted by Crippen LogP contribution is 2.27. The van der Waals surface area contributed by atoms with Gasteiger partial charge in [-0.3, -0.25) is 9.59 Å². The van der Waals surface area contributed by atoms with E-state index in [9.17, 15) is 14.7 Å². The zero-order valence-corrected chi connectivity index (χ0v) is 16.0. The van der Waals surface area contributed by atoms with Gasteiger partial charge in [-0.05, 0) is 37.3 Å². The van der Waals surface area contributed by atoms with Gasteiger partial charge in [0, 0.05) is 13.1 Å². The maximum Gasteiger partial charge on any atom is 0.259 e. The Balaban J connectivity index is 1.46. The quantitative estimate of drug-likeness (QED) is 0.420. The zero-order chi connectivity index (χ0) is 21.1. The van der Waals surface area contributed by atoms with E-state index in [-0.39, 0.29) is 36.0 Å². The third-order valence-electron chi connectivity index (χ3n) is 4.48. The van der Waals surface area contributed by atoms with Crippen molar-refractivity contribution < 1.29 is 23.6 Å². The van der Waals surface area contributed by atoms with Gasteiger partial charge in [-0.1, -0.05) is 17.3 Å². The lowest BCUT2D eigenvalue weighted by molar-refractivity contribution is 0.0927. The van der Waals surface area contributed by atoms with Gasteiger partial charge in [0.25, 0.3) is 17.5 Å². The summed E-state index contributed by atoms with van der Waals surface area (Å²) >= 11 is 0. The second kappa shape index (κ2) is 8.08. The monoisotopic (exact) mass is 406 g/mol. The highest BCUT2D eigenvalue weighted by molar-refractivity contribution is 6.06. The number of rotatable bonds is 6. The fraction of sp³-hybridized carbons (Fsp3) is 0.143. The highest BCUT2D eigenvalue weighted by Gasteiger charge is 2.20. The summed E-state index contributed by atoms with van der Waals surface area (Å²) in [5.74, 6) is -0.400. The number of aromatic nitrogens is 2. The molecule has 9 nitrogen and oxygen atoms in total. The standard InChI is InChI=1S/C21H18N4O5/c1-12-18-14(11-15(17-7-4-10-29-17)24-21(18)30-25-12)20(28)23-9-8-22-19(27)13-5-2-3-6-16(13)26/h2-7,10-11,26H,8-9H2,1H3,(H,22,27)(H,23,28). The molecule has 0 saturated carbocycles. The molecule has 0 aliphatic heterocycles. The molecule has 0 unspecified atom stereocenters. The molecule has 3 heterocycles. The minimum absolute atomic E-state index is 0.105. The summed E-state index contributed by atoms with van der Waals surface area (Å²) in [4.78, 5) is 29.3. The number of benzene rings is 1. The fourth-order valence-corrected chi connectivity index (χ4v) is 3.03. The number of para-hydroxylation sites is 1. The van der Waals surface area contributed by atoms with Crippen molar-refractivity contribution >= 4 is 22.9 Å². The van der Waals surface area contributed by atoms with Crippen LogP contribution < -0.4 is 10.6 Å². The molecule has 0 atom stereocenters. The highest BCUT2D eigenvalue weighted by atomic mass is 16.5. The van der Waals surface area contributed by atoms with Crippen LogP contribution in [0.25, 0.3) is 22.6 Å². The van der Waals surface area contributed by atoms with Crippen molar-refractivity contribution in [1.82, 2.24) is 20.8 Å². The van der Waals surface area contributed by atoms with Gasteiger partial charge in [-0.15, -0.1) is 0 Å². The van der Waals surface area contributed by atoms with Crippen LogP contribution >= 0.6 is 0 Å². The number of aromatic hydroxyl groups is 1. The molecule has 3 aromatic heterocycles. The molecule has 0 bridgehead atoms. The summed E-state index contributed by atoms with van der Waals surface area (Å²) in [6.45, 7) is 2.09. The normalized spacial score (nSPS) is 10.8. The van der Waals surface area contributed by atoms with E-state index in [0.717, 1.165) is 0 Å². The number of phenols is 1. The number of fused-ring (bicyclic) bond motifs is 1. The first kappa shape index (κ1) is 19.2. The summed E-state index contributed by atoms with van der Waals surface area (Å²) in [6.07, 6.45) is 1.51. The second-order valence-corrected chi connectivity index (χ2v) is 6.51. The summed E-state index contributed by atoms with van der Waals surface area (Å²) in [5.41, 5.74) is 1.74. The predicted octanol–water partition coefficient (Wildman–Crippen LogP) is 2.66. The molecule has 4 aromatic rings. The lowest BCUT2D eigenvalue weighted by Crippen LogP contribution is -2.34. The number of aryl methyl sites for hydroxylation is 1. The van der Waals surface area contributed by atoms with Gasteiger partial charge in [0.1, 0.15) is 11.4 Å². The lowest BCUT2D eigenvalue weighted by atomic mass is 10.1. The van der Waals surface area contributed by atoms with Crippen molar-refractivity contribution in [3.63, 3.8) is 0 Å². The Morgan fingerprint density at radius 2 is 1.77 bits per heavy atom. The molecule has 0 saturated heterocycles. The van der Waals surface area contributed by atoms with Gasteiger partial charge < -0.3 is 24.7 Å². The average molecular weight is 406 g/mol. The molecule has 1 aromatic carbocycles. The molecule has 30 heavy (non-hydrogen) atoms. The third-order valence-corrected chi connectivity index (χ3v) is 4.48. The second-order valence-electron chi connectivity index (χ2n) is 6.51. The molecule has 3 N–H and O–H groups in total. The molecular weight excluding hydrogens is 388 g/mol. The van der Waals surface area contributed by atoms with Crippen LogP contribution in [0.1, 0.15) is 26.4 Å². The van der Waals surface area contributed by atoms with Crippen molar-refractivity contribution in [1.29, 1.82) is 0 Å². The van der Waals surface area contributed by atoms with E-state index in [1.165, 1.54) is 18.4 Å². The number of nitrogens with one attached hydrogen (secondary N) is 2. The number of hydrogen-bond acceptors (Lipinski definition) is 7. The average Bonchev–Trinajstić information content (AvgIpc) is 3.41. The first-order valence-electron chi connectivity index (χ1n) is 9.20. The van der Waals surface area contributed by atoms with Crippen LogP contribution in [0.3, 0.4) is 0 Å². The van der Waals surface area contributed by atoms with E-state index in [0.29, 0.717) is 28.1 Å². The van der Waals surface area contributed by atoms with Gasteiger partial charge in [0.15, 0.2) is 5.76 Å². The SMILES string of the molecule is Cc1noc2nc(-c3ccco3)cc(C(=O)NCCNC(=O)c3ccccc3O)c12. The molecule has 0 aliphatic carbocycles. The van der Waals surface area contributed by atoms with E-state index in [1.807, 2.05) is 0 Å². The fourth-order valence-electron chi connectivity index (χ4n) is 3.03. The van der Waals surface area contributed by atoms with Crippen molar-refractivity contribution in [2.24, 2.45) is 0 Å². The van der Waals surface area contributed by atoms with E-state index < -0.39 is 5.91 Å². The minimum atomic E-state index is -0.427. The molecule has 0 radical (unpaired) electrons. The largest absolute Gasteiger partial charge is 0.507 e. The van der Waals surface area contributed by atoms with Crippen molar-refractivity contribution in [2.45, 2.75) is 6.92 Å².